The Morgan fingerprint density at radius 1 is 1.12 bits per heavy atom. The molecule has 0 aliphatic carbocycles. The first-order valence-electron chi connectivity index (χ1n) is 8.44. The minimum atomic E-state index is -0.338. The van der Waals surface area contributed by atoms with E-state index in [1.54, 1.807) is 6.07 Å². The number of nitrogens with one attached hydrogen (secondary N) is 1. The maximum atomic E-state index is 12.7. The number of anilines is 1. The molecule has 24 heavy (non-hydrogen) atoms. The normalized spacial score (nSPS) is 10.7. The van der Waals surface area contributed by atoms with Crippen LogP contribution in [0.3, 0.4) is 0 Å². The van der Waals surface area contributed by atoms with E-state index in [0.29, 0.717) is 0 Å². The molecule has 0 saturated carbocycles. The van der Waals surface area contributed by atoms with Gasteiger partial charge in [-0.3, -0.25) is 9.59 Å². The standard InChI is InChI=1S/C20H26N2O2/c1-6-7-10-22-15(4)12-18(23)19(16(22)5)20(24)21-17-9-8-13(2)11-14(17)3/h8-9,11-12H,6-7,10H2,1-5H3,(H,21,24). The molecule has 2 rings (SSSR count). The highest BCUT2D eigenvalue weighted by atomic mass is 16.2. The lowest BCUT2D eigenvalue weighted by molar-refractivity contribution is 0.102. The van der Waals surface area contributed by atoms with Gasteiger partial charge in [0.15, 0.2) is 5.43 Å². The summed E-state index contributed by atoms with van der Waals surface area (Å²) in [5.74, 6) is -0.338. The lowest BCUT2D eigenvalue weighted by atomic mass is 10.1. The minimum Gasteiger partial charge on any atom is -0.348 e. The van der Waals surface area contributed by atoms with Gasteiger partial charge in [-0.2, -0.15) is 0 Å². The van der Waals surface area contributed by atoms with Crippen molar-refractivity contribution in [2.24, 2.45) is 0 Å². The molecule has 128 valence electrons. The van der Waals surface area contributed by atoms with Gasteiger partial charge in [0.1, 0.15) is 5.56 Å². The number of hydrogen-bond acceptors (Lipinski definition) is 2. The van der Waals surface area contributed by atoms with Crippen molar-refractivity contribution in [3.05, 3.63) is 62.6 Å². The number of hydrogen-bond donors (Lipinski definition) is 1. The van der Waals surface area contributed by atoms with Gasteiger partial charge in [0.2, 0.25) is 0 Å². The molecule has 4 nitrogen and oxygen atoms in total. The highest BCUT2D eigenvalue weighted by Crippen LogP contribution is 2.18. The predicted octanol–water partition coefficient (Wildman–Crippen LogP) is 4.13. The van der Waals surface area contributed by atoms with Crippen LogP contribution in [0, 0.1) is 27.7 Å². The summed E-state index contributed by atoms with van der Waals surface area (Å²) in [6, 6.07) is 7.39. The summed E-state index contributed by atoms with van der Waals surface area (Å²) < 4.78 is 2.06. The van der Waals surface area contributed by atoms with E-state index >= 15 is 0 Å². The number of nitrogens with zero attached hydrogens (tertiary/aromatic N) is 1. The van der Waals surface area contributed by atoms with E-state index in [0.717, 1.165) is 47.6 Å². The largest absolute Gasteiger partial charge is 0.348 e. The number of aromatic nitrogens is 1. The van der Waals surface area contributed by atoms with Crippen molar-refractivity contribution in [2.45, 2.75) is 54.0 Å². The fraction of sp³-hybridized carbons (Fsp3) is 0.400. The molecule has 4 heteroatoms. The monoisotopic (exact) mass is 326 g/mol. The van der Waals surface area contributed by atoms with Crippen LogP contribution < -0.4 is 10.7 Å². The van der Waals surface area contributed by atoms with E-state index in [2.05, 4.69) is 16.8 Å². The second kappa shape index (κ2) is 7.47. The molecule has 1 heterocycles. The van der Waals surface area contributed by atoms with E-state index in [9.17, 15) is 9.59 Å². The van der Waals surface area contributed by atoms with Crippen LogP contribution in [0.4, 0.5) is 5.69 Å². The van der Waals surface area contributed by atoms with E-state index in [1.807, 2.05) is 45.9 Å². The van der Waals surface area contributed by atoms with Crippen LogP contribution in [0.25, 0.3) is 0 Å². The van der Waals surface area contributed by atoms with Crippen molar-refractivity contribution >= 4 is 11.6 Å². The Hall–Kier alpha value is -2.36. The number of pyridine rings is 1. The zero-order chi connectivity index (χ0) is 17.9. The molecule has 0 spiro atoms. The molecule has 2 aromatic rings. The van der Waals surface area contributed by atoms with Gasteiger partial charge in [-0.25, -0.2) is 0 Å². The molecule has 0 aliphatic rings. The average molecular weight is 326 g/mol. The van der Waals surface area contributed by atoms with Crippen LogP contribution in [0.15, 0.2) is 29.1 Å². The lowest BCUT2D eigenvalue weighted by Crippen LogP contribution is -2.27. The maximum absolute atomic E-state index is 12.7. The van der Waals surface area contributed by atoms with Gasteiger partial charge < -0.3 is 9.88 Å². The van der Waals surface area contributed by atoms with Crippen LogP contribution in [0.5, 0.6) is 0 Å². The highest BCUT2D eigenvalue weighted by molar-refractivity contribution is 6.05. The number of carbonyl (C=O) groups is 1. The van der Waals surface area contributed by atoms with Gasteiger partial charge in [-0.05, 0) is 45.7 Å². The SMILES string of the molecule is CCCCn1c(C)cc(=O)c(C(=O)Nc2ccc(C)cc2C)c1C. The molecule has 1 N–H and O–H groups in total. The topological polar surface area (TPSA) is 51.1 Å². The lowest BCUT2D eigenvalue weighted by Gasteiger charge is -2.17. The summed E-state index contributed by atoms with van der Waals surface area (Å²) in [4.78, 5) is 25.1. The molecule has 0 unspecified atom stereocenters. The summed E-state index contributed by atoms with van der Waals surface area (Å²) in [6.07, 6.45) is 2.08. The molecule has 0 bridgehead atoms. The first-order valence-corrected chi connectivity index (χ1v) is 8.44. The summed E-state index contributed by atoms with van der Waals surface area (Å²) in [7, 11) is 0. The number of amides is 1. The fourth-order valence-electron chi connectivity index (χ4n) is 2.99. The molecule has 1 aromatic carbocycles. The van der Waals surface area contributed by atoms with E-state index in [-0.39, 0.29) is 16.9 Å². The molecule has 1 aromatic heterocycles. The van der Waals surface area contributed by atoms with Crippen LogP contribution >= 0.6 is 0 Å². The number of unbranched alkanes of at least 4 members (excludes halogenated alkanes) is 1. The third-order valence-electron chi connectivity index (χ3n) is 4.37. The van der Waals surface area contributed by atoms with Crippen molar-refractivity contribution in [3.63, 3.8) is 0 Å². The molecular formula is C20H26N2O2. The minimum absolute atomic E-state index is 0.222. The number of rotatable bonds is 5. The third-order valence-corrected chi connectivity index (χ3v) is 4.37. The van der Waals surface area contributed by atoms with Gasteiger partial charge in [0.05, 0.1) is 0 Å². The first-order chi connectivity index (χ1) is 11.3. The van der Waals surface area contributed by atoms with E-state index in [4.69, 9.17) is 0 Å². The van der Waals surface area contributed by atoms with Crippen LogP contribution in [0.2, 0.25) is 0 Å². The molecule has 0 saturated heterocycles. The maximum Gasteiger partial charge on any atom is 0.261 e. The molecule has 0 aliphatic heterocycles. The van der Waals surface area contributed by atoms with Crippen LogP contribution in [-0.2, 0) is 6.54 Å². The number of benzene rings is 1. The fourth-order valence-corrected chi connectivity index (χ4v) is 2.99. The first kappa shape index (κ1) is 18.0. The predicted molar refractivity (Wildman–Crippen MR) is 99.0 cm³/mol. The van der Waals surface area contributed by atoms with Gasteiger partial charge in [0.25, 0.3) is 5.91 Å². The highest BCUT2D eigenvalue weighted by Gasteiger charge is 2.18. The van der Waals surface area contributed by atoms with Crippen molar-refractivity contribution in [1.29, 1.82) is 0 Å². The van der Waals surface area contributed by atoms with Gasteiger partial charge in [-0.15, -0.1) is 0 Å². The summed E-state index contributed by atoms with van der Waals surface area (Å²) >= 11 is 0. The Bertz CT molecular complexity index is 819. The van der Waals surface area contributed by atoms with E-state index in [1.165, 1.54) is 0 Å². The third kappa shape index (κ3) is 3.75. The zero-order valence-electron chi connectivity index (χ0n) is 15.2. The zero-order valence-corrected chi connectivity index (χ0v) is 15.2. The Balaban J connectivity index is 2.40. The molecule has 0 atom stereocenters. The molecule has 0 fully saturated rings. The average Bonchev–Trinajstić information content (AvgIpc) is 2.49. The van der Waals surface area contributed by atoms with Crippen molar-refractivity contribution in [2.75, 3.05) is 5.32 Å². The molecular weight excluding hydrogens is 300 g/mol. The van der Waals surface area contributed by atoms with Crippen LogP contribution in [0.1, 0.15) is 52.6 Å². The molecule has 1 amide bonds. The van der Waals surface area contributed by atoms with Crippen molar-refractivity contribution in [1.82, 2.24) is 4.57 Å². The number of aryl methyl sites for hydroxylation is 3. The summed E-state index contributed by atoms with van der Waals surface area (Å²) in [5.41, 5.74) is 4.50. The van der Waals surface area contributed by atoms with Crippen molar-refractivity contribution < 1.29 is 4.79 Å². The molecule has 0 radical (unpaired) electrons. The Kier molecular flexibility index (Phi) is 5.60. The smallest absolute Gasteiger partial charge is 0.261 e. The Morgan fingerprint density at radius 3 is 2.46 bits per heavy atom. The summed E-state index contributed by atoms with van der Waals surface area (Å²) in [6.45, 7) is 10.7. The second-order valence-electron chi connectivity index (χ2n) is 6.39. The van der Waals surface area contributed by atoms with Gasteiger partial charge >= 0.3 is 0 Å². The van der Waals surface area contributed by atoms with E-state index < -0.39 is 0 Å². The Morgan fingerprint density at radius 2 is 1.83 bits per heavy atom. The number of carbonyl (C=O) groups excluding carboxylic acids is 1. The quantitative estimate of drug-likeness (QED) is 0.898. The summed E-state index contributed by atoms with van der Waals surface area (Å²) in [5, 5.41) is 2.89. The Labute approximate surface area is 143 Å². The second-order valence-corrected chi connectivity index (χ2v) is 6.39. The van der Waals surface area contributed by atoms with Gasteiger partial charge in [0, 0.05) is 29.7 Å². The van der Waals surface area contributed by atoms with Crippen molar-refractivity contribution in [3.8, 4) is 0 Å². The van der Waals surface area contributed by atoms with Gasteiger partial charge in [-0.1, -0.05) is 31.0 Å². The van der Waals surface area contributed by atoms with Crippen LogP contribution in [-0.4, -0.2) is 10.5 Å².